The van der Waals surface area contributed by atoms with Crippen LogP contribution in [0.15, 0.2) is 46.0 Å². The highest BCUT2D eigenvalue weighted by Gasteiger charge is 2.06. The Balaban J connectivity index is 1.45. The molecule has 2 aromatic heterocycles. The van der Waals surface area contributed by atoms with Crippen molar-refractivity contribution in [1.29, 1.82) is 0 Å². The molecule has 0 bridgehead atoms. The molecule has 0 saturated carbocycles. The molecule has 0 aliphatic carbocycles. The SMILES string of the molecule is Cn1nnnc1SCCNCc1ccc(-c2cccc(Cl)c2)o1. The van der Waals surface area contributed by atoms with Crippen LogP contribution < -0.4 is 5.32 Å². The molecule has 120 valence electrons. The van der Waals surface area contributed by atoms with Gasteiger partial charge >= 0.3 is 0 Å². The molecule has 3 aromatic rings. The molecule has 2 heterocycles. The van der Waals surface area contributed by atoms with Crippen LogP contribution in [0.2, 0.25) is 5.02 Å². The average Bonchev–Trinajstić information content (AvgIpc) is 3.17. The molecule has 1 aromatic carbocycles. The van der Waals surface area contributed by atoms with Gasteiger partial charge in [0.05, 0.1) is 6.54 Å². The summed E-state index contributed by atoms with van der Waals surface area (Å²) in [5, 5.41) is 16.2. The minimum Gasteiger partial charge on any atom is -0.460 e. The molecule has 0 fully saturated rings. The molecule has 0 unspecified atom stereocenters. The van der Waals surface area contributed by atoms with Crippen molar-refractivity contribution in [3.63, 3.8) is 0 Å². The summed E-state index contributed by atoms with van der Waals surface area (Å²) < 4.78 is 7.49. The lowest BCUT2D eigenvalue weighted by molar-refractivity contribution is 0.499. The number of benzene rings is 1. The standard InChI is InChI=1S/C15H16ClN5OS/c1-21-15(18-19-20-21)23-8-7-17-10-13-5-6-14(22-13)11-3-2-4-12(16)9-11/h2-6,9,17H,7-8,10H2,1H3. The zero-order chi connectivity index (χ0) is 16.1. The number of aryl methyl sites for hydroxylation is 1. The van der Waals surface area contributed by atoms with E-state index in [9.17, 15) is 0 Å². The van der Waals surface area contributed by atoms with Crippen molar-refractivity contribution in [3.05, 3.63) is 47.2 Å². The Morgan fingerprint density at radius 3 is 3.00 bits per heavy atom. The van der Waals surface area contributed by atoms with Crippen LogP contribution in [0.5, 0.6) is 0 Å². The van der Waals surface area contributed by atoms with Crippen molar-refractivity contribution in [2.24, 2.45) is 7.05 Å². The van der Waals surface area contributed by atoms with Crippen molar-refractivity contribution in [1.82, 2.24) is 25.5 Å². The van der Waals surface area contributed by atoms with Crippen molar-refractivity contribution < 1.29 is 4.42 Å². The molecule has 3 rings (SSSR count). The molecule has 0 spiro atoms. The third-order valence-electron chi connectivity index (χ3n) is 3.16. The fourth-order valence-corrected chi connectivity index (χ4v) is 2.98. The van der Waals surface area contributed by atoms with Crippen LogP contribution in [-0.2, 0) is 13.6 Å². The summed E-state index contributed by atoms with van der Waals surface area (Å²) >= 11 is 7.61. The van der Waals surface area contributed by atoms with E-state index in [1.165, 1.54) is 0 Å². The highest BCUT2D eigenvalue weighted by atomic mass is 35.5. The largest absolute Gasteiger partial charge is 0.460 e. The smallest absolute Gasteiger partial charge is 0.209 e. The number of hydrogen-bond donors (Lipinski definition) is 1. The third kappa shape index (κ3) is 4.34. The van der Waals surface area contributed by atoms with E-state index in [2.05, 4.69) is 20.8 Å². The first-order valence-electron chi connectivity index (χ1n) is 7.13. The molecule has 0 aliphatic heterocycles. The van der Waals surface area contributed by atoms with Crippen LogP contribution in [0.25, 0.3) is 11.3 Å². The summed E-state index contributed by atoms with van der Waals surface area (Å²) in [5.41, 5.74) is 0.981. The molecule has 6 nitrogen and oxygen atoms in total. The van der Waals surface area contributed by atoms with E-state index >= 15 is 0 Å². The normalized spacial score (nSPS) is 11.0. The first-order chi connectivity index (χ1) is 11.2. The van der Waals surface area contributed by atoms with Gasteiger partial charge in [-0.2, -0.15) is 0 Å². The number of tetrazole rings is 1. The Hall–Kier alpha value is -1.83. The second-order valence-electron chi connectivity index (χ2n) is 4.89. The average molecular weight is 350 g/mol. The summed E-state index contributed by atoms with van der Waals surface area (Å²) in [4.78, 5) is 0. The lowest BCUT2D eigenvalue weighted by atomic mass is 10.2. The maximum atomic E-state index is 6.00. The lowest BCUT2D eigenvalue weighted by Gasteiger charge is -2.02. The van der Waals surface area contributed by atoms with Crippen LogP contribution in [0.1, 0.15) is 5.76 Å². The number of nitrogens with zero attached hydrogens (tertiary/aromatic N) is 4. The fourth-order valence-electron chi connectivity index (χ4n) is 2.04. The Morgan fingerprint density at radius 2 is 2.22 bits per heavy atom. The summed E-state index contributed by atoms with van der Waals surface area (Å²) in [7, 11) is 1.83. The molecule has 1 N–H and O–H groups in total. The van der Waals surface area contributed by atoms with E-state index in [4.69, 9.17) is 16.0 Å². The predicted molar refractivity (Wildman–Crippen MR) is 90.4 cm³/mol. The van der Waals surface area contributed by atoms with Crippen molar-refractivity contribution in [2.45, 2.75) is 11.7 Å². The maximum Gasteiger partial charge on any atom is 0.209 e. The second-order valence-corrected chi connectivity index (χ2v) is 6.39. The van der Waals surface area contributed by atoms with Crippen LogP contribution in [-0.4, -0.2) is 32.5 Å². The molecule has 0 saturated heterocycles. The number of halogens is 1. The van der Waals surface area contributed by atoms with Gasteiger partial charge in [-0.05, 0) is 34.7 Å². The van der Waals surface area contributed by atoms with Crippen LogP contribution >= 0.6 is 23.4 Å². The monoisotopic (exact) mass is 349 g/mol. The molecular formula is C15H16ClN5OS. The Labute approximate surface area is 143 Å². The summed E-state index contributed by atoms with van der Waals surface area (Å²) in [6.07, 6.45) is 0. The predicted octanol–water partition coefficient (Wildman–Crippen LogP) is 3.01. The lowest BCUT2D eigenvalue weighted by Crippen LogP contribution is -2.16. The van der Waals surface area contributed by atoms with Crippen LogP contribution in [0.3, 0.4) is 0 Å². The van der Waals surface area contributed by atoms with Gasteiger partial charge in [-0.1, -0.05) is 35.5 Å². The zero-order valence-electron chi connectivity index (χ0n) is 12.6. The quantitative estimate of drug-likeness (QED) is 0.522. The molecule has 0 radical (unpaired) electrons. The van der Waals surface area contributed by atoms with Crippen LogP contribution in [0, 0.1) is 0 Å². The molecule has 23 heavy (non-hydrogen) atoms. The van der Waals surface area contributed by atoms with E-state index < -0.39 is 0 Å². The van der Waals surface area contributed by atoms with E-state index in [-0.39, 0.29) is 0 Å². The van der Waals surface area contributed by atoms with Gasteiger partial charge < -0.3 is 9.73 Å². The van der Waals surface area contributed by atoms with E-state index in [0.717, 1.165) is 34.5 Å². The summed E-state index contributed by atoms with van der Waals surface area (Å²) in [5.74, 6) is 2.60. The highest BCUT2D eigenvalue weighted by molar-refractivity contribution is 7.99. The van der Waals surface area contributed by atoms with Crippen molar-refractivity contribution >= 4 is 23.4 Å². The minimum atomic E-state index is 0.679. The molecule has 8 heteroatoms. The van der Waals surface area contributed by atoms with E-state index in [1.54, 1.807) is 16.4 Å². The summed E-state index contributed by atoms with van der Waals surface area (Å²) in [6, 6.07) is 11.6. The Bertz CT molecular complexity index is 773. The number of hydrogen-bond acceptors (Lipinski definition) is 6. The van der Waals surface area contributed by atoms with Gasteiger partial charge in [0, 0.05) is 29.9 Å². The second kappa shape index (κ2) is 7.63. The number of thioether (sulfide) groups is 1. The third-order valence-corrected chi connectivity index (χ3v) is 4.41. The van der Waals surface area contributed by atoms with E-state index in [0.29, 0.717) is 11.6 Å². The van der Waals surface area contributed by atoms with Gasteiger partial charge in [0.1, 0.15) is 11.5 Å². The Kier molecular flexibility index (Phi) is 5.32. The minimum absolute atomic E-state index is 0.679. The van der Waals surface area contributed by atoms with Gasteiger partial charge in [0.25, 0.3) is 0 Å². The van der Waals surface area contributed by atoms with Gasteiger partial charge in [-0.15, -0.1) is 5.10 Å². The first kappa shape index (κ1) is 16.0. The number of furan rings is 1. The molecule has 0 atom stereocenters. The Morgan fingerprint density at radius 1 is 1.30 bits per heavy atom. The highest BCUT2D eigenvalue weighted by Crippen LogP contribution is 2.24. The topological polar surface area (TPSA) is 68.8 Å². The number of nitrogens with one attached hydrogen (secondary N) is 1. The summed E-state index contributed by atoms with van der Waals surface area (Å²) in [6.45, 7) is 1.52. The number of rotatable bonds is 7. The molecule has 0 aliphatic rings. The van der Waals surface area contributed by atoms with Crippen molar-refractivity contribution in [2.75, 3.05) is 12.3 Å². The molecular weight excluding hydrogens is 334 g/mol. The maximum absolute atomic E-state index is 6.00. The fraction of sp³-hybridized carbons (Fsp3) is 0.267. The number of aromatic nitrogens is 4. The van der Waals surface area contributed by atoms with Gasteiger partial charge in [0.2, 0.25) is 5.16 Å². The first-order valence-corrected chi connectivity index (χ1v) is 8.49. The van der Waals surface area contributed by atoms with Gasteiger partial charge in [0.15, 0.2) is 0 Å². The molecule has 0 amide bonds. The van der Waals surface area contributed by atoms with Gasteiger partial charge in [-0.25, -0.2) is 4.68 Å². The van der Waals surface area contributed by atoms with E-state index in [1.807, 2.05) is 43.4 Å². The van der Waals surface area contributed by atoms with Crippen molar-refractivity contribution in [3.8, 4) is 11.3 Å². The van der Waals surface area contributed by atoms with Gasteiger partial charge in [-0.3, -0.25) is 0 Å². The van der Waals surface area contributed by atoms with Crippen LogP contribution in [0.4, 0.5) is 0 Å². The zero-order valence-corrected chi connectivity index (χ0v) is 14.1.